The van der Waals surface area contributed by atoms with Gasteiger partial charge in [0, 0.05) is 31.9 Å². The highest BCUT2D eigenvalue weighted by molar-refractivity contribution is 7.15. The summed E-state index contributed by atoms with van der Waals surface area (Å²) in [6.45, 7) is 4.21. The molecular formula is C21H28N6O3S. The lowest BCUT2D eigenvalue weighted by Crippen LogP contribution is -2.46. The molecule has 1 aromatic carbocycles. The van der Waals surface area contributed by atoms with Crippen molar-refractivity contribution < 1.29 is 14.4 Å². The van der Waals surface area contributed by atoms with Crippen LogP contribution in [0.1, 0.15) is 38.0 Å². The average Bonchev–Trinajstić information content (AvgIpc) is 3.25. The average molecular weight is 445 g/mol. The van der Waals surface area contributed by atoms with Gasteiger partial charge in [-0.3, -0.25) is 14.4 Å². The van der Waals surface area contributed by atoms with Crippen LogP contribution in [0.5, 0.6) is 0 Å². The molecule has 0 spiro atoms. The third kappa shape index (κ3) is 6.31. The molecule has 2 N–H and O–H groups in total. The molecule has 2 aromatic rings. The zero-order chi connectivity index (χ0) is 22.4. The van der Waals surface area contributed by atoms with Crippen LogP contribution in [0, 0.1) is 12.8 Å². The molecule has 1 atom stereocenters. The molecule has 3 rings (SSSR count). The van der Waals surface area contributed by atoms with E-state index in [1.807, 2.05) is 38.1 Å². The van der Waals surface area contributed by atoms with Crippen molar-refractivity contribution in [3.8, 4) is 0 Å². The van der Waals surface area contributed by atoms with Crippen molar-refractivity contribution in [3.05, 3.63) is 39.8 Å². The van der Waals surface area contributed by atoms with Gasteiger partial charge < -0.3 is 20.4 Å². The second-order valence-corrected chi connectivity index (χ2v) is 8.89. The molecule has 0 radical (unpaired) electrons. The van der Waals surface area contributed by atoms with Crippen molar-refractivity contribution in [3.63, 3.8) is 0 Å². The van der Waals surface area contributed by atoms with Crippen LogP contribution in [-0.2, 0) is 4.79 Å². The second kappa shape index (κ2) is 10.5. The Morgan fingerprint density at radius 1 is 1.16 bits per heavy atom. The van der Waals surface area contributed by atoms with Crippen LogP contribution < -0.4 is 10.6 Å². The normalized spacial score (nSPS) is 16.3. The van der Waals surface area contributed by atoms with Crippen LogP contribution in [0.15, 0.2) is 24.3 Å². The lowest BCUT2D eigenvalue weighted by atomic mass is 9.97. The summed E-state index contributed by atoms with van der Waals surface area (Å²) in [6.07, 6.45) is 1.50. The fourth-order valence-electron chi connectivity index (χ4n) is 3.28. The number of likely N-dealkylation sites (N-methyl/N-ethyl adjacent to an activating group) is 1. The van der Waals surface area contributed by atoms with E-state index >= 15 is 0 Å². The van der Waals surface area contributed by atoms with E-state index in [9.17, 15) is 14.4 Å². The van der Waals surface area contributed by atoms with Gasteiger partial charge in [-0.15, -0.1) is 10.2 Å². The number of nitrogens with one attached hydrogen (secondary N) is 2. The molecule has 1 aliphatic heterocycles. The minimum absolute atomic E-state index is 0.0326. The maximum Gasteiger partial charge on any atom is 0.286 e. The number of nitrogens with zero attached hydrogens (tertiary/aromatic N) is 4. The molecule has 0 saturated carbocycles. The number of benzene rings is 1. The lowest BCUT2D eigenvalue weighted by Gasteiger charge is -2.31. The van der Waals surface area contributed by atoms with E-state index in [0.29, 0.717) is 25.3 Å². The minimum atomic E-state index is -0.405. The predicted octanol–water partition coefficient (Wildman–Crippen LogP) is 1.63. The van der Waals surface area contributed by atoms with Crippen LogP contribution >= 0.6 is 11.3 Å². The first-order valence-corrected chi connectivity index (χ1v) is 11.1. The Kier molecular flexibility index (Phi) is 7.69. The van der Waals surface area contributed by atoms with E-state index < -0.39 is 5.91 Å². The summed E-state index contributed by atoms with van der Waals surface area (Å²) in [4.78, 5) is 41.3. The van der Waals surface area contributed by atoms with Gasteiger partial charge >= 0.3 is 0 Å². The number of anilines is 1. The van der Waals surface area contributed by atoms with Gasteiger partial charge in [-0.2, -0.15) is 0 Å². The van der Waals surface area contributed by atoms with Crippen LogP contribution in [0.2, 0.25) is 0 Å². The molecule has 1 saturated heterocycles. The number of carbonyl (C=O) groups is 3. The van der Waals surface area contributed by atoms with Crippen LogP contribution in [-0.4, -0.2) is 78.0 Å². The third-order valence-corrected chi connectivity index (χ3v) is 5.96. The molecule has 10 heteroatoms. The summed E-state index contributed by atoms with van der Waals surface area (Å²) in [7, 11) is 3.90. The topological polar surface area (TPSA) is 108 Å². The summed E-state index contributed by atoms with van der Waals surface area (Å²) < 4.78 is 0. The number of carbonyl (C=O) groups excluding carboxylic acids is 3. The summed E-state index contributed by atoms with van der Waals surface area (Å²) in [5, 5.41) is 13.8. The third-order valence-electron chi connectivity index (χ3n) is 5.05. The fourth-order valence-corrected chi connectivity index (χ4v) is 3.99. The molecule has 9 nitrogen and oxygen atoms in total. The Hall–Kier alpha value is -2.85. The first-order chi connectivity index (χ1) is 14.8. The molecule has 1 aromatic heterocycles. The van der Waals surface area contributed by atoms with Crippen LogP contribution in [0.3, 0.4) is 0 Å². The molecule has 0 bridgehead atoms. The van der Waals surface area contributed by atoms with E-state index in [4.69, 9.17) is 0 Å². The molecule has 3 amide bonds. The van der Waals surface area contributed by atoms with E-state index in [1.165, 1.54) is 0 Å². The Balaban J connectivity index is 1.57. The van der Waals surface area contributed by atoms with Crippen LogP contribution in [0.4, 0.5) is 5.69 Å². The summed E-state index contributed by atoms with van der Waals surface area (Å²) in [6, 6.07) is 7.40. The zero-order valence-corrected chi connectivity index (χ0v) is 18.9. The summed E-state index contributed by atoms with van der Waals surface area (Å²) in [5.41, 5.74) is 1.74. The van der Waals surface area contributed by atoms with Gasteiger partial charge in [-0.25, -0.2) is 0 Å². The number of hydrogen-bond acceptors (Lipinski definition) is 7. The lowest BCUT2D eigenvalue weighted by molar-refractivity contribution is -0.126. The van der Waals surface area contributed by atoms with Gasteiger partial charge in [0.2, 0.25) is 15.9 Å². The highest BCUT2D eigenvalue weighted by Gasteiger charge is 2.30. The summed E-state index contributed by atoms with van der Waals surface area (Å²) >= 11 is 0.960. The van der Waals surface area contributed by atoms with E-state index in [1.54, 1.807) is 17.0 Å². The largest absolute Gasteiger partial charge is 0.355 e. The zero-order valence-electron chi connectivity index (χ0n) is 18.1. The van der Waals surface area contributed by atoms with Crippen molar-refractivity contribution in [2.24, 2.45) is 5.92 Å². The van der Waals surface area contributed by atoms with Crippen molar-refractivity contribution in [2.45, 2.75) is 19.8 Å². The number of amides is 3. The van der Waals surface area contributed by atoms with E-state index in [2.05, 4.69) is 20.8 Å². The van der Waals surface area contributed by atoms with E-state index in [0.717, 1.165) is 36.3 Å². The number of aromatic nitrogens is 2. The molecule has 0 aliphatic carbocycles. The highest BCUT2D eigenvalue weighted by atomic mass is 32.1. The SMILES string of the molecule is Cc1ccc(NC(=O)c2nnc(C(=O)N3CCCC(C(=O)NCCN(C)C)C3)s2)cc1. The number of likely N-dealkylation sites (tertiary alicyclic amines) is 1. The van der Waals surface area contributed by atoms with Crippen molar-refractivity contribution in [2.75, 3.05) is 45.6 Å². The Bertz CT molecular complexity index is 927. The Morgan fingerprint density at radius 3 is 2.58 bits per heavy atom. The molecule has 166 valence electrons. The number of hydrogen-bond donors (Lipinski definition) is 2. The number of aryl methyl sites for hydroxylation is 1. The van der Waals surface area contributed by atoms with Gasteiger partial charge in [0.1, 0.15) is 0 Å². The molecule has 31 heavy (non-hydrogen) atoms. The van der Waals surface area contributed by atoms with Crippen molar-refractivity contribution in [1.29, 1.82) is 0 Å². The van der Waals surface area contributed by atoms with Gasteiger partial charge in [-0.1, -0.05) is 29.0 Å². The van der Waals surface area contributed by atoms with Crippen molar-refractivity contribution in [1.82, 2.24) is 25.3 Å². The quantitative estimate of drug-likeness (QED) is 0.672. The molecule has 2 heterocycles. The summed E-state index contributed by atoms with van der Waals surface area (Å²) in [5.74, 6) is -0.971. The van der Waals surface area contributed by atoms with Gasteiger partial charge in [0.25, 0.3) is 11.8 Å². The van der Waals surface area contributed by atoms with Crippen LogP contribution in [0.25, 0.3) is 0 Å². The molecule has 1 unspecified atom stereocenters. The van der Waals surface area contributed by atoms with Gasteiger partial charge in [-0.05, 0) is 46.0 Å². The highest BCUT2D eigenvalue weighted by Crippen LogP contribution is 2.21. The fraction of sp³-hybridized carbons (Fsp3) is 0.476. The standard InChI is InChI=1S/C21H28N6O3S/c1-14-6-8-16(9-7-14)23-18(29)19-24-25-20(31-19)21(30)27-11-4-5-15(13-27)17(28)22-10-12-26(2)3/h6-9,15H,4-5,10-13H2,1-3H3,(H,22,28)(H,23,29). The Labute approximate surface area is 185 Å². The van der Waals surface area contributed by atoms with Gasteiger partial charge in [0.05, 0.1) is 5.92 Å². The Morgan fingerprint density at radius 2 is 1.87 bits per heavy atom. The van der Waals surface area contributed by atoms with Gasteiger partial charge in [0.15, 0.2) is 0 Å². The number of rotatable bonds is 7. The minimum Gasteiger partial charge on any atom is -0.355 e. The monoisotopic (exact) mass is 444 g/mol. The molecule has 1 fully saturated rings. The first kappa shape index (κ1) is 22.8. The predicted molar refractivity (Wildman–Crippen MR) is 119 cm³/mol. The van der Waals surface area contributed by atoms with E-state index in [-0.39, 0.29) is 27.7 Å². The first-order valence-electron chi connectivity index (χ1n) is 10.3. The maximum absolute atomic E-state index is 12.9. The maximum atomic E-state index is 12.9. The molecule has 1 aliphatic rings. The molecular weight excluding hydrogens is 416 g/mol. The smallest absolute Gasteiger partial charge is 0.286 e. The second-order valence-electron chi connectivity index (χ2n) is 7.92. The number of piperidine rings is 1. The van der Waals surface area contributed by atoms with Crippen molar-refractivity contribution >= 4 is 34.7 Å².